The van der Waals surface area contributed by atoms with Crippen molar-refractivity contribution in [2.75, 3.05) is 13.2 Å². The van der Waals surface area contributed by atoms with Crippen LogP contribution in [0.1, 0.15) is 65.5 Å². The Hall–Kier alpha value is -4.17. The lowest BCUT2D eigenvalue weighted by atomic mass is 9.84. The van der Waals surface area contributed by atoms with E-state index in [4.69, 9.17) is 13.7 Å². The van der Waals surface area contributed by atoms with Gasteiger partial charge in [0.15, 0.2) is 0 Å². The van der Waals surface area contributed by atoms with Gasteiger partial charge >= 0.3 is 22.4 Å². The molecule has 0 N–H and O–H groups in total. The van der Waals surface area contributed by atoms with Crippen molar-refractivity contribution < 1.29 is 40.0 Å². The molecule has 7 rings (SSSR count). The molecule has 4 heterocycles. The molecule has 10 nitrogen and oxygen atoms in total. The van der Waals surface area contributed by atoms with Crippen LogP contribution in [0.15, 0.2) is 48.5 Å². The lowest BCUT2D eigenvalue weighted by molar-refractivity contribution is -0.143. The number of carbonyl (C=O) groups excluding carboxylic acids is 1. The molecule has 3 aliphatic heterocycles. The predicted molar refractivity (Wildman–Crippen MR) is 157 cm³/mol. The van der Waals surface area contributed by atoms with Gasteiger partial charge in [0, 0.05) is 31.1 Å². The van der Waals surface area contributed by atoms with E-state index in [2.05, 4.69) is 10.3 Å². The fourth-order valence-electron chi connectivity index (χ4n) is 5.87. The number of esters is 1. The second-order valence-corrected chi connectivity index (χ2v) is 12.7. The van der Waals surface area contributed by atoms with E-state index in [1.165, 1.54) is 12.1 Å². The zero-order valence-electron chi connectivity index (χ0n) is 24.6. The number of halogens is 3. The van der Waals surface area contributed by atoms with Gasteiger partial charge in [0.2, 0.25) is 0 Å². The maximum atomic E-state index is 14.3. The number of hydrogen-bond acceptors (Lipinski definition) is 8. The fraction of sp³-hybridized carbons (Fsp3) is 0.387. The van der Waals surface area contributed by atoms with Crippen molar-refractivity contribution >= 4 is 27.3 Å². The fourth-order valence-corrected chi connectivity index (χ4v) is 6.97. The second kappa shape index (κ2) is 12.0. The first-order valence-corrected chi connectivity index (χ1v) is 15.9. The van der Waals surface area contributed by atoms with Crippen LogP contribution in [0.3, 0.4) is 0 Å². The quantitative estimate of drug-likeness (QED) is 0.263. The highest BCUT2D eigenvalue weighted by Crippen LogP contribution is 2.39. The molecular weight excluding hydrogens is 613 g/mol. The number of carbonyl (C=O) groups is 1. The lowest BCUT2D eigenvalue weighted by Crippen LogP contribution is -2.37. The number of hydrogen-bond donors (Lipinski definition) is 0. The first kappa shape index (κ1) is 30.8. The molecule has 9 bridgehead atoms. The topological polar surface area (TPSA) is 113 Å². The SMILES string of the molecule is CCOC(=O)CC1c2cc(cc(C(F)(F)F)c2)CN2Cc3cc(ccc3OS2(=O)=O)OCCCCn2nnc3c(C)c1ccc32. The van der Waals surface area contributed by atoms with E-state index in [0.29, 0.717) is 47.5 Å². The largest absolute Gasteiger partial charge is 0.494 e. The van der Waals surface area contributed by atoms with Crippen LogP contribution in [0, 0.1) is 6.92 Å². The van der Waals surface area contributed by atoms with Gasteiger partial charge in [0.1, 0.15) is 17.0 Å². The summed E-state index contributed by atoms with van der Waals surface area (Å²) in [6.07, 6.45) is -3.54. The molecule has 2 unspecified atom stereocenters. The van der Waals surface area contributed by atoms with Gasteiger partial charge < -0.3 is 13.7 Å². The van der Waals surface area contributed by atoms with Gasteiger partial charge in [0.25, 0.3) is 0 Å². The Balaban J connectivity index is 1.52. The van der Waals surface area contributed by atoms with Crippen LogP contribution in [0.5, 0.6) is 11.5 Å². The molecule has 45 heavy (non-hydrogen) atoms. The average Bonchev–Trinajstić information content (AvgIpc) is 3.39. The number of nitrogens with zero attached hydrogens (tertiary/aromatic N) is 4. The van der Waals surface area contributed by atoms with Gasteiger partial charge in [-0.1, -0.05) is 17.3 Å². The maximum Gasteiger partial charge on any atom is 0.416 e. The van der Waals surface area contributed by atoms with Gasteiger partial charge in [-0.15, -0.1) is 5.10 Å². The van der Waals surface area contributed by atoms with Crippen molar-refractivity contribution in [2.45, 2.75) is 64.8 Å². The third kappa shape index (κ3) is 6.34. The second-order valence-electron chi connectivity index (χ2n) is 11.1. The Bertz CT molecular complexity index is 1880. The van der Waals surface area contributed by atoms with Crippen molar-refractivity contribution in [3.05, 3.63) is 81.9 Å². The third-order valence-electron chi connectivity index (χ3n) is 8.06. The van der Waals surface area contributed by atoms with E-state index < -0.39 is 40.5 Å². The van der Waals surface area contributed by atoms with Crippen molar-refractivity contribution in [3.63, 3.8) is 0 Å². The molecule has 2 atom stereocenters. The number of benzene rings is 3. The molecule has 0 saturated carbocycles. The zero-order valence-corrected chi connectivity index (χ0v) is 25.4. The molecular formula is C31H31F3N4O6S. The molecule has 3 aromatic carbocycles. The van der Waals surface area contributed by atoms with E-state index >= 15 is 0 Å². The normalized spacial score (nSPS) is 19.7. The zero-order chi connectivity index (χ0) is 31.9. The molecule has 0 spiro atoms. The molecule has 0 fully saturated rings. The van der Waals surface area contributed by atoms with Crippen LogP contribution >= 0.6 is 0 Å². The molecule has 3 aliphatic rings. The highest BCUT2D eigenvalue weighted by Gasteiger charge is 2.36. The molecule has 14 heteroatoms. The van der Waals surface area contributed by atoms with Crippen LogP contribution in [0.4, 0.5) is 13.2 Å². The first-order valence-electron chi connectivity index (χ1n) is 14.6. The van der Waals surface area contributed by atoms with Gasteiger partial charge in [-0.3, -0.25) is 4.79 Å². The molecule has 4 aromatic rings. The summed E-state index contributed by atoms with van der Waals surface area (Å²) in [4.78, 5) is 12.8. The molecule has 0 aliphatic carbocycles. The Kier molecular flexibility index (Phi) is 8.20. The lowest BCUT2D eigenvalue weighted by Gasteiger charge is -2.29. The van der Waals surface area contributed by atoms with Gasteiger partial charge in [0.05, 0.1) is 30.7 Å². The summed E-state index contributed by atoms with van der Waals surface area (Å²) in [6.45, 7) is 3.99. The summed E-state index contributed by atoms with van der Waals surface area (Å²) in [6, 6.07) is 11.8. The summed E-state index contributed by atoms with van der Waals surface area (Å²) < 4.78 is 88.3. The minimum Gasteiger partial charge on any atom is -0.494 e. The Morgan fingerprint density at radius 1 is 1.09 bits per heavy atom. The molecule has 1 aromatic heterocycles. The van der Waals surface area contributed by atoms with Crippen LogP contribution in [0.25, 0.3) is 11.0 Å². The average molecular weight is 645 g/mol. The minimum absolute atomic E-state index is 0.0794. The number of alkyl halides is 3. The summed E-state index contributed by atoms with van der Waals surface area (Å²) in [7, 11) is -4.33. The number of aromatic nitrogens is 3. The minimum atomic E-state index is -4.75. The van der Waals surface area contributed by atoms with Crippen LogP contribution in [0.2, 0.25) is 0 Å². The molecule has 238 valence electrons. The van der Waals surface area contributed by atoms with Crippen LogP contribution in [-0.2, 0) is 45.6 Å². The van der Waals surface area contributed by atoms with Crippen molar-refractivity contribution in [2.24, 2.45) is 0 Å². The van der Waals surface area contributed by atoms with E-state index in [9.17, 15) is 26.4 Å². The van der Waals surface area contributed by atoms with Crippen molar-refractivity contribution in [3.8, 4) is 11.5 Å². The highest BCUT2D eigenvalue weighted by molar-refractivity contribution is 7.84. The maximum absolute atomic E-state index is 14.3. The number of aryl methyl sites for hydroxylation is 2. The third-order valence-corrected chi connectivity index (χ3v) is 9.34. The molecule has 0 saturated heterocycles. The number of rotatable bonds is 3. The Morgan fingerprint density at radius 2 is 1.91 bits per heavy atom. The standard InChI is InChI=1S/C31H31F3N4O6S/c1-3-42-29(39)16-26-21-12-20(13-23(14-21)31(32,33)34)17-37-18-22-15-24(6-9-28(22)44-45(37,40)41)43-11-5-4-10-38-27-8-7-25(26)19(2)30(27)35-36-38/h6-9,12-15,26H,3-5,10-11,16-18H2,1-2H3. The highest BCUT2D eigenvalue weighted by atomic mass is 32.2. The molecule has 0 radical (unpaired) electrons. The van der Waals surface area contributed by atoms with Crippen LogP contribution in [-0.4, -0.2) is 46.9 Å². The van der Waals surface area contributed by atoms with Crippen LogP contribution < -0.4 is 8.92 Å². The van der Waals surface area contributed by atoms with Crippen molar-refractivity contribution in [1.29, 1.82) is 0 Å². The van der Waals surface area contributed by atoms with E-state index in [1.54, 1.807) is 42.8 Å². The van der Waals surface area contributed by atoms with Gasteiger partial charge in [-0.2, -0.15) is 25.9 Å². The molecule has 0 amide bonds. The van der Waals surface area contributed by atoms with Crippen molar-refractivity contribution in [1.82, 2.24) is 19.3 Å². The Labute approximate surface area is 257 Å². The summed E-state index contributed by atoms with van der Waals surface area (Å²) in [5, 5.41) is 8.69. The Morgan fingerprint density at radius 3 is 2.69 bits per heavy atom. The van der Waals surface area contributed by atoms with Gasteiger partial charge in [-0.05, 0) is 85.3 Å². The van der Waals surface area contributed by atoms with E-state index in [0.717, 1.165) is 28.4 Å². The smallest absolute Gasteiger partial charge is 0.416 e. The van der Waals surface area contributed by atoms with Gasteiger partial charge in [-0.25, -0.2) is 4.68 Å². The first-order chi connectivity index (χ1) is 21.4. The van der Waals surface area contributed by atoms with E-state index in [1.807, 2.05) is 0 Å². The number of ether oxygens (including phenoxy) is 2. The summed E-state index contributed by atoms with van der Waals surface area (Å²) >= 11 is 0. The summed E-state index contributed by atoms with van der Waals surface area (Å²) in [5.41, 5.74) is 2.40. The predicted octanol–water partition coefficient (Wildman–Crippen LogP) is 5.66. The monoisotopic (exact) mass is 644 g/mol. The summed E-state index contributed by atoms with van der Waals surface area (Å²) in [5.74, 6) is -0.780. The number of fused-ring (bicyclic) bond motifs is 5. The van der Waals surface area contributed by atoms with E-state index in [-0.39, 0.29) is 36.4 Å².